The van der Waals surface area contributed by atoms with Crippen molar-refractivity contribution in [1.29, 1.82) is 0 Å². The van der Waals surface area contributed by atoms with Crippen LogP contribution in [0.15, 0.2) is 46.5 Å². The average Bonchev–Trinajstić information content (AvgIpc) is 3.38. The summed E-state index contributed by atoms with van der Waals surface area (Å²) in [5.41, 5.74) is 10.9. The molecule has 44 heavy (non-hydrogen) atoms. The van der Waals surface area contributed by atoms with E-state index in [1.165, 1.54) is 11.8 Å². The van der Waals surface area contributed by atoms with E-state index in [1.807, 2.05) is 44.4 Å². The molecule has 15 heteroatoms. The number of piperidine rings is 1. The molecule has 0 radical (unpaired) electrons. The highest BCUT2D eigenvalue weighted by atomic mass is 35.5. The number of nitrogens with zero attached hydrogens (tertiary/aromatic N) is 8. The predicted octanol–water partition coefficient (Wildman–Crippen LogP) is 4.02. The van der Waals surface area contributed by atoms with E-state index in [0.717, 1.165) is 25.0 Å². The molecule has 234 valence electrons. The summed E-state index contributed by atoms with van der Waals surface area (Å²) < 4.78 is 7.89. The highest BCUT2D eigenvalue weighted by molar-refractivity contribution is 7.99. The van der Waals surface area contributed by atoms with E-state index >= 15 is 0 Å². The number of carbonyl (C=O) groups excluding carboxylic acids is 1. The zero-order valence-corrected chi connectivity index (χ0v) is 26.6. The second kappa shape index (κ2) is 12.4. The molecular weight excluding hydrogens is 604 g/mol. The van der Waals surface area contributed by atoms with E-state index in [2.05, 4.69) is 15.3 Å². The first kappa shape index (κ1) is 30.4. The Morgan fingerprint density at radius 2 is 2.07 bits per heavy atom. The van der Waals surface area contributed by atoms with Gasteiger partial charge in [0.05, 0.1) is 22.7 Å². The number of amides is 1. The third-order valence-corrected chi connectivity index (χ3v) is 9.91. The molecule has 2 saturated heterocycles. The van der Waals surface area contributed by atoms with E-state index in [4.69, 9.17) is 37.1 Å². The van der Waals surface area contributed by atoms with E-state index in [0.29, 0.717) is 70.2 Å². The van der Waals surface area contributed by atoms with Gasteiger partial charge in [-0.1, -0.05) is 30.3 Å². The van der Waals surface area contributed by atoms with E-state index in [9.17, 15) is 9.90 Å². The fraction of sp³-hybridized carbons (Fsp3) is 0.483. The minimum absolute atomic E-state index is 0.0346. The Kier molecular flexibility index (Phi) is 8.59. The Labute approximate surface area is 265 Å². The number of ether oxygens (including phenoxy) is 1. The number of rotatable bonds is 7. The second-order valence-electron chi connectivity index (χ2n) is 11.6. The molecule has 6 rings (SSSR count). The Bertz CT molecular complexity index is 1610. The molecule has 13 nitrogen and oxygen atoms in total. The Hall–Kier alpha value is -3.59. The number of allylic oxidation sites excluding steroid dienone is 1. The maximum absolute atomic E-state index is 13.4. The third kappa shape index (κ3) is 5.91. The highest BCUT2D eigenvalue weighted by Gasteiger charge is 2.39. The Balaban J connectivity index is 1.28. The van der Waals surface area contributed by atoms with Gasteiger partial charge in [0.1, 0.15) is 17.0 Å². The van der Waals surface area contributed by atoms with Gasteiger partial charge in [0.25, 0.3) is 0 Å². The van der Waals surface area contributed by atoms with Gasteiger partial charge in [-0.15, -0.1) is 0 Å². The number of hydrogen-bond donors (Lipinski definition) is 3. The number of aliphatic hydroxyl groups is 1. The third-order valence-electron chi connectivity index (χ3n) is 8.37. The van der Waals surface area contributed by atoms with Gasteiger partial charge in [-0.2, -0.15) is 5.10 Å². The number of hydrogen-bond acceptors (Lipinski definition) is 12. The number of hydrazine groups is 1. The van der Waals surface area contributed by atoms with Crippen molar-refractivity contribution in [3.8, 4) is 0 Å². The summed E-state index contributed by atoms with van der Waals surface area (Å²) in [7, 11) is 1.94. The van der Waals surface area contributed by atoms with Crippen LogP contribution in [-0.4, -0.2) is 72.4 Å². The first-order valence-corrected chi connectivity index (χ1v) is 15.9. The Morgan fingerprint density at radius 3 is 2.77 bits per heavy atom. The lowest BCUT2D eigenvalue weighted by molar-refractivity contribution is -0.134. The van der Waals surface area contributed by atoms with Crippen LogP contribution in [0.2, 0.25) is 5.02 Å². The largest absolute Gasteiger partial charge is 0.390 e. The van der Waals surface area contributed by atoms with Crippen LogP contribution in [0, 0.1) is 5.41 Å². The van der Waals surface area contributed by atoms with Gasteiger partial charge in [0, 0.05) is 56.4 Å². The molecule has 0 bridgehead atoms. The van der Waals surface area contributed by atoms with Crippen molar-refractivity contribution in [2.24, 2.45) is 5.41 Å². The molecule has 6 heterocycles. The highest BCUT2D eigenvalue weighted by Crippen LogP contribution is 2.40. The van der Waals surface area contributed by atoms with Gasteiger partial charge in [-0.25, -0.2) is 19.6 Å². The standard InChI is InChI=1S/C29H37ClN10O3S/c1-18-16-37(3)13-14-39(18)36-28(42)29(2)8-11-38(12-9-29)25-19(17-41)33-23-26(34-25)40(21-6-4-5-15-43-21)35-27(23)44-20-7-10-32-24(31)22(20)30/h7,10,13-14,16,21,41H,4-6,8-9,11-12,15,17H2,1-3H3,(H2,31,32)(H,36,42). The quantitative estimate of drug-likeness (QED) is 0.342. The molecule has 3 aliphatic rings. The Morgan fingerprint density at radius 1 is 1.27 bits per heavy atom. The molecule has 0 aliphatic carbocycles. The molecule has 1 amide bonds. The van der Waals surface area contributed by atoms with Gasteiger partial charge in [-0.3, -0.25) is 15.2 Å². The normalized spacial score (nSPS) is 20.2. The number of aromatic nitrogens is 5. The maximum Gasteiger partial charge on any atom is 0.244 e. The van der Waals surface area contributed by atoms with Crippen LogP contribution in [0.3, 0.4) is 0 Å². The minimum atomic E-state index is -0.571. The van der Waals surface area contributed by atoms with Gasteiger partial charge >= 0.3 is 0 Å². The second-order valence-corrected chi connectivity index (χ2v) is 13.0. The number of nitrogen functional groups attached to an aromatic ring is 1. The van der Waals surface area contributed by atoms with Crippen molar-refractivity contribution in [2.75, 3.05) is 37.4 Å². The van der Waals surface area contributed by atoms with Gasteiger partial charge < -0.3 is 25.4 Å². The van der Waals surface area contributed by atoms with E-state index in [1.54, 1.807) is 22.0 Å². The summed E-state index contributed by atoms with van der Waals surface area (Å²) in [5.74, 6) is 0.786. The topological polar surface area (TPSA) is 151 Å². The molecule has 4 N–H and O–H groups in total. The number of carbonyl (C=O) groups is 1. The van der Waals surface area contributed by atoms with E-state index in [-0.39, 0.29) is 24.6 Å². The van der Waals surface area contributed by atoms with Crippen molar-refractivity contribution >= 4 is 52.1 Å². The van der Waals surface area contributed by atoms with E-state index < -0.39 is 5.41 Å². The fourth-order valence-electron chi connectivity index (χ4n) is 5.62. The number of aliphatic hydroxyl groups excluding tert-OH is 1. The van der Waals surface area contributed by atoms with Gasteiger partial charge in [-0.05, 0) is 45.1 Å². The average molecular weight is 641 g/mol. The van der Waals surface area contributed by atoms with Crippen molar-refractivity contribution in [3.63, 3.8) is 0 Å². The molecule has 0 aromatic carbocycles. The lowest BCUT2D eigenvalue weighted by Crippen LogP contribution is -2.51. The first-order valence-electron chi connectivity index (χ1n) is 14.7. The summed E-state index contributed by atoms with van der Waals surface area (Å²) in [6, 6.07) is 1.78. The van der Waals surface area contributed by atoms with Crippen molar-refractivity contribution in [1.82, 2.24) is 40.1 Å². The van der Waals surface area contributed by atoms with Crippen LogP contribution >= 0.6 is 23.4 Å². The molecule has 2 fully saturated rings. The number of anilines is 2. The van der Waals surface area contributed by atoms with Crippen LogP contribution in [0.5, 0.6) is 0 Å². The fourth-order valence-corrected chi connectivity index (χ4v) is 6.74. The van der Waals surface area contributed by atoms with Crippen LogP contribution in [-0.2, 0) is 16.1 Å². The van der Waals surface area contributed by atoms with Crippen LogP contribution < -0.4 is 16.1 Å². The number of pyridine rings is 1. The van der Waals surface area contributed by atoms with Crippen LogP contribution in [0.25, 0.3) is 11.2 Å². The summed E-state index contributed by atoms with van der Waals surface area (Å²) in [5, 5.41) is 18.0. The van der Waals surface area contributed by atoms with Gasteiger partial charge in [0.15, 0.2) is 22.7 Å². The maximum atomic E-state index is 13.4. The molecule has 3 aromatic heterocycles. The van der Waals surface area contributed by atoms with Crippen molar-refractivity contribution in [3.05, 3.63) is 47.3 Å². The smallest absolute Gasteiger partial charge is 0.244 e. The lowest BCUT2D eigenvalue weighted by atomic mass is 9.79. The monoisotopic (exact) mass is 640 g/mol. The number of nitrogens with two attached hydrogens (primary N) is 1. The number of nitrogens with one attached hydrogen (secondary N) is 1. The minimum Gasteiger partial charge on any atom is -0.390 e. The van der Waals surface area contributed by atoms with Crippen LogP contribution in [0.1, 0.15) is 57.9 Å². The van der Waals surface area contributed by atoms with Crippen LogP contribution in [0.4, 0.5) is 11.6 Å². The molecule has 1 unspecified atom stereocenters. The number of fused-ring (bicyclic) bond motifs is 1. The molecule has 0 spiro atoms. The van der Waals surface area contributed by atoms with Crippen molar-refractivity contribution < 1.29 is 14.6 Å². The summed E-state index contributed by atoms with van der Waals surface area (Å²) >= 11 is 7.78. The number of halogens is 1. The molecule has 0 saturated carbocycles. The zero-order valence-electron chi connectivity index (χ0n) is 25.0. The summed E-state index contributed by atoms with van der Waals surface area (Å²) in [6.45, 7) is 5.44. The molecular formula is C29H37ClN10O3S. The predicted molar refractivity (Wildman–Crippen MR) is 168 cm³/mol. The van der Waals surface area contributed by atoms with Crippen molar-refractivity contribution in [2.45, 2.75) is 68.7 Å². The molecule has 1 atom stereocenters. The van der Waals surface area contributed by atoms with Gasteiger partial charge in [0.2, 0.25) is 5.91 Å². The lowest BCUT2D eigenvalue weighted by Gasteiger charge is -2.40. The summed E-state index contributed by atoms with van der Waals surface area (Å²) in [6.07, 6.45) is 11.0. The summed E-state index contributed by atoms with van der Waals surface area (Å²) in [4.78, 5) is 32.1. The molecule has 3 aliphatic heterocycles. The first-order chi connectivity index (χ1) is 21.2. The zero-order chi connectivity index (χ0) is 31.0. The molecule has 3 aromatic rings. The SMILES string of the molecule is CC1=CN(C)C=CN1NC(=O)C1(C)CCN(c2nc3c(nc2CO)c(Sc2ccnc(N)c2Cl)nn3C2CCCCO2)CC1.